The van der Waals surface area contributed by atoms with Gasteiger partial charge in [-0.1, -0.05) is 19.1 Å². The Balaban J connectivity index is 2.02. The molecule has 1 heterocycles. The summed E-state index contributed by atoms with van der Waals surface area (Å²) in [7, 11) is 2.15. The SMILES string of the molecule is CCNC(C)c1ccc(N(C)C2CCOC2)cc1. The highest BCUT2D eigenvalue weighted by Crippen LogP contribution is 2.22. The van der Waals surface area contributed by atoms with Gasteiger partial charge < -0.3 is 15.0 Å². The minimum Gasteiger partial charge on any atom is -0.379 e. The van der Waals surface area contributed by atoms with Gasteiger partial charge in [-0.2, -0.15) is 0 Å². The van der Waals surface area contributed by atoms with Gasteiger partial charge in [-0.05, 0) is 37.6 Å². The molecule has 0 amide bonds. The van der Waals surface area contributed by atoms with E-state index < -0.39 is 0 Å². The number of ether oxygens (including phenoxy) is 1. The Bertz CT molecular complexity index is 357. The van der Waals surface area contributed by atoms with Gasteiger partial charge in [-0.15, -0.1) is 0 Å². The van der Waals surface area contributed by atoms with E-state index in [-0.39, 0.29) is 0 Å². The minimum absolute atomic E-state index is 0.421. The third-order valence-electron chi connectivity index (χ3n) is 3.76. The van der Waals surface area contributed by atoms with Crippen LogP contribution in [0.25, 0.3) is 0 Å². The summed E-state index contributed by atoms with van der Waals surface area (Å²) in [4.78, 5) is 2.33. The van der Waals surface area contributed by atoms with Crippen molar-refractivity contribution in [1.29, 1.82) is 0 Å². The standard InChI is InChI=1S/C15H24N2O/c1-4-16-12(2)13-5-7-14(8-6-13)17(3)15-9-10-18-11-15/h5-8,12,15-16H,4,9-11H2,1-3H3. The van der Waals surface area contributed by atoms with E-state index in [0.717, 1.165) is 26.2 Å². The highest BCUT2D eigenvalue weighted by atomic mass is 16.5. The van der Waals surface area contributed by atoms with Crippen LogP contribution in [-0.2, 0) is 4.74 Å². The summed E-state index contributed by atoms with van der Waals surface area (Å²) in [6, 6.07) is 9.80. The molecule has 0 spiro atoms. The van der Waals surface area contributed by atoms with Crippen LogP contribution in [0.1, 0.15) is 31.9 Å². The van der Waals surface area contributed by atoms with Crippen LogP contribution in [0.3, 0.4) is 0 Å². The molecule has 0 bridgehead atoms. The van der Waals surface area contributed by atoms with Gasteiger partial charge in [-0.3, -0.25) is 0 Å². The molecule has 0 aliphatic carbocycles. The Morgan fingerprint density at radius 3 is 2.67 bits per heavy atom. The summed E-state index contributed by atoms with van der Waals surface area (Å²) in [5.74, 6) is 0. The first-order valence-corrected chi connectivity index (χ1v) is 6.86. The second-order valence-electron chi connectivity index (χ2n) is 5.00. The molecule has 100 valence electrons. The number of benzene rings is 1. The largest absolute Gasteiger partial charge is 0.379 e. The number of hydrogen-bond acceptors (Lipinski definition) is 3. The van der Waals surface area contributed by atoms with E-state index in [1.807, 2.05) is 0 Å². The second kappa shape index (κ2) is 6.21. The molecule has 3 nitrogen and oxygen atoms in total. The maximum Gasteiger partial charge on any atom is 0.0670 e. The predicted octanol–water partition coefficient (Wildman–Crippen LogP) is 2.58. The van der Waals surface area contributed by atoms with Gasteiger partial charge in [0.1, 0.15) is 0 Å². The Hall–Kier alpha value is -1.06. The van der Waals surface area contributed by atoms with Gasteiger partial charge in [-0.25, -0.2) is 0 Å². The normalized spacial score (nSPS) is 20.9. The summed E-state index contributed by atoms with van der Waals surface area (Å²) >= 11 is 0. The fraction of sp³-hybridized carbons (Fsp3) is 0.600. The van der Waals surface area contributed by atoms with Crippen molar-refractivity contribution in [3.8, 4) is 0 Å². The van der Waals surface area contributed by atoms with Crippen molar-refractivity contribution in [2.24, 2.45) is 0 Å². The molecular weight excluding hydrogens is 224 g/mol. The van der Waals surface area contributed by atoms with Crippen LogP contribution < -0.4 is 10.2 Å². The molecule has 18 heavy (non-hydrogen) atoms. The Morgan fingerprint density at radius 2 is 2.11 bits per heavy atom. The lowest BCUT2D eigenvalue weighted by Gasteiger charge is -2.26. The van der Waals surface area contributed by atoms with Crippen LogP contribution in [0.15, 0.2) is 24.3 Å². The van der Waals surface area contributed by atoms with Crippen LogP contribution in [-0.4, -0.2) is 32.8 Å². The molecule has 1 aromatic carbocycles. The number of anilines is 1. The molecule has 1 fully saturated rings. The van der Waals surface area contributed by atoms with Crippen molar-refractivity contribution in [1.82, 2.24) is 5.32 Å². The molecule has 0 radical (unpaired) electrons. The van der Waals surface area contributed by atoms with Crippen LogP contribution >= 0.6 is 0 Å². The number of nitrogens with zero attached hydrogens (tertiary/aromatic N) is 1. The van der Waals surface area contributed by atoms with Crippen LogP contribution in [0.4, 0.5) is 5.69 Å². The average Bonchev–Trinajstić information content (AvgIpc) is 2.92. The maximum absolute atomic E-state index is 5.44. The molecule has 1 aromatic rings. The summed E-state index contributed by atoms with van der Waals surface area (Å²) in [5.41, 5.74) is 2.62. The molecule has 1 aliphatic heterocycles. The molecule has 3 heteroatoms. The van der Waals surface area contributed by atoms with Crippen molar-refractivity contribution in [3.05, 3.63) is 29.8 Å². The quantitative estimate of drug-likeness (QED) is 0.867. The van der Waals surface area contributed by atoms with Gasteiger partial charge in [0.05, 0.1) is 12.6 Å². The Morgan fingerprint density at radius 1 is 1.39 bits per heavy atom. The third-order valence-corrected chi connectivity index (χ3v) is 3.76. The summed E-state index contributed by atoms with van der Waals surface area (Å²) in [6.07, 6.45) is 1.13. The number of likely N-dealkylation sites (N-methyl/N-ethyl adjacent to an activating group) is 1. The lowest BCUT2D eigenvalue weighted by molar-refractivity contribution is 0.193. The average molecular weight is 248 g/mol. The lowest BCUT2D eigenvalue weighted by atomic mass is 10.1. The van der Waals surface area contributed by atoms with E-state index in [0.29, 0.717) is 12.1 Å². The first-order chi connectivity index (χ1) is 8.72. The molecule has 1 saturated heterocycles. The fourth-order valence-corrected chi connectivity index (χ4v) is 2.46. The van der Waals surface area contributed by atoms with Crippen LogP contribution in [0.2, 0.25) is 0 Å². The van der Waals surface area contributed by atoms with Crippen molar-refractivity contribution < 1.29 is 4.74 Å². The number of nitrogens with one attached hydrogen (secondary N) is 1. The minimum atomic E-state index is 0.421. The fourth-order valence-electron chi connectivity index (χ4n) is 2.46. The van der Waals surface area contributed by atoms with Gasteiger partial charge >= 0.3 is 0 Å². The lowest BCUT2D eigenvalue weighted by Crippen LogP contribution is -2.31. The van der Waals surface area contributed by atoms with Crippen molar-refractivity contribution in [3.63, 3.8) is 0 Å². The van der Waals surface area contributed by atoms with E-state index in [2.05, 4.69) is 55.4 Å². The first kappa shape index (κ1) is 13.4. The summed E-state index contributed by atoms with van der Waals surface area (Å²) in [6.45, 7) is 7.09. The van der Waals surface area contributed by atoms with Gasteiger partial charge in [0.25, 0.3) is 0 Å². The topological polar surface area (TPSA) is 24.5 Å². The van der Waals surface area contributed by atoms with Crippen molar-refractivity contribution in [2.45, 2.75) is 32.4 Å². The predicted molar refractivity (Wildman–Crippen MR) is 76.2 cm³/mol. The van der Waals surface area contributed by atoms with Crippen molar-refractivity contribution in [2.75, 3.05) is 31.7 Å². The molecule has 2 unspecified atom stereocenters. The number of hydrogen-bond donors (Lipinski definition) is 1. The molecular formula is C15H24N2O. The molecule has 0 aromatic heterocycles. The molecule has 1 aliphatic rings. The van der Waals surface area contributed by atoms with E-state index in [9.17, 15) is 0 Å². The Labute approximate surface area is 110 Å². The maximum atomic E-state index is 5.44. The molecule has 2 atom stereocenters. The van der Waals surface area contributed by atoms with Gasteiger partial charge in [0.15, 0.2) is 0 Å². The van der Waals surface area contributed by atoms with E-state index in [4.69, 9.17) is 4.74 Å². The van der Waals surface area contributed by atoms with Crippen molar-refractivity contribution >= 4 is 5.69 Å². The zero-order valence-corrected chi connectivity index (χ0v) is 11.6. The molecule has 2 rings (SSSR count). The highest BCUT2D eigenvalue weighted by Gasteiger charge is 2.20. The van der Waals surface area contributed by atoms with E-state index >= 15 is 0 Å². The summed E-state index contributed by atoms with van der Waals surface area (Å²) in [5, 5.41) is 3.43. The Kier molecular flexibility index (Phi) is 4.61. The number of rotatable bonds is 5. The monoisotopic (exact) mass is 248 g/mol. The van der Waals surface area contributed by atoms with Crippen LogP contribution in [0, 0.1) is 0 Å². The zero-order valence-electron chi connectivity index (χ0n) is 11.6. The first-order valence-electron chi connectivity index (χ1n) is 6.86. The second-order valence-corrected chi connectivity index (χ2v) is 5.00. The van der Waals surface area contributed by atoms with Crippen LogP contribution in [0.5, 0.6) is 0 Å². The van der Waals surface area contributed by atoms with Gasteiger partial charge in [0, 0.05) is 25.4 Å². The van der Waals surface area contributed by atoms with E-state index in [1.54, 1.807) is 0 Å². The van der Waals surface area contributed by atoms with Gasteiger partial charge in [0.2, 0.25) is 0 Å². The smallest absolute Gasteiger partial charge is 0.0670 e. The molecule has 1 N–H and O–H groups in total. The summed E-state index contributed by atoms with van der Waals surface area (Å²) < 4.78 is 5.44. The molecule has 0 saturated carbocycles. The highest BCUT2D eigenvalue weighted by molar-refractivity contribution is 5.48. The third kappa shape index (κ3) is 3.03. The van der Waals surface area contributed by atoms with E-state index in [1.165, 1.54) is 11.3 Å². The zero-order chi connectivity index (χ0) is 13.0.